The molecule has 13 heavy (non-hydrogen) atoms. The normalized spacial score (nSPS) is 9.23. The van der Waals surface area contributed by atoms with Gasteiger partial charge < -0.3 is 4.74 Å². The zero-order valence-corrected chi connectivity index (χ0v) is 9.63. The number of hydrogen-bond acceptors (Lipinski definition) is 2. The van der Waals surface area contributed by atoms with Gasteiger partial charge in [-0.3, -0.25) is 4.98 Å². The van der Waals surface area contributed by atoms with Crippen molar-refractivity contribution in [2.75, 3.05) is 7.11 Å². The molecule has 0 radical (unpaired) electrons. The van der Waals surface area contributed by atoms with E-state index in [1.165, 1.54) is 0 Å². The van der Waals surface area contributed by atoms with E-state index in [0.717, 1.165) is 11.3 Å². The molecule has 0 saturated heterocycles. The van der Waals surface area contributed by atoms with Crippen molar-refractivity contribution in [1.29, 1.82) is 0 Å². The van der Waals surface area contributed by atoms with Crippen molar-refractivity contribution in [1.82, 2.24) is 4.98 Å². The van der Waals surface area contributed by atoms with Crippen LogP contribution in [0.5, 0.6) is 5.75 Å². The molecule has 1 heterocycles. The highest BCUT2D eigenvalue weighted by Crippen LogP contribution is 2.29. The van der Waals surface area contributed by atoms with E-state index in [9.17, 15) is 0 Å². The van der Waals surface area contributed by atoms with Crippen LogP contribution in [0.25, 0.3) is 0 Å². The maximum atomic E-state index is 5.83. The minimum Gasteiger partial charge on any atom is -0.495 e. The fourth-order valence-electron chi connectivity index (χ4n) is 0.986. The Kier molecular flexibility index (Phi) is 5.45. The van der Waals surface area contributed by atoms with Crippen molar-refractivity contribution in [2.45, 2.75) is 12.8 Å². The Balaban J connectivity index is 0.00000144. The molecule has 74 valence electrons. The van der Waals surface area contributed by atoms with E-state index in [1.54, 1.807) is 13.3 Å². The van der Waals surface area contributed by atoms with Crippen molar-refractivity contribution in [3.63, 3.8) is 0 Å². The quantitative estimate of drug-likeness (QED) is 0.743. The first-order chi connectivity index (χ1) is 5.70. The number of hydrogen-bond donors (Lipinski definition) is 0. The van der Waals surface area contributed by atoms with Gasteiger partial charge >= 0.3 is 0 Å². The van der Waals surface area contributed by atoms with Crippen LogP contribution in [-0.4, -0.2) is 12.1 Å². The Morgan fingerprint density at radius 2 is 2.15 bits per heavy atom. The Hall–Kier alpha value is -0.180. The smallest absolute Gasteiger partial charge is 0.143 e. The molecule has 0 N–H and O–H groups in total. The highest BCUT2D eigenvalue weighted by Gasteiger charge is 2.08. The third-order valence-electron chi connectivity index (χ3n) is 1.65. The molecule has 1 aromatic heterocycles. The molecule has 1 aromatic rings. The summed E-state index contributed by atoms with van der Waals surface area (Å²) in [6.45, 7) is 1.88. The lowest BCUT2D eigenvalue weighted by molar-refractivity contribution is 0.410. The third kappa shape index (κ3) is 2.63. The maximum absolute atomic E-state index is 5.83. The van der Waals surface area contributed by atoms with Crippen LogP contribution in [0, 0.1) is 6.92 Å². The molecule has 0 aliphatic carbocycles. The van der Waals surface area contributed by atoms with Crippen LogP contribution in [0.15, 0.2) is 6.20 Å². The lowest BCUT2D eigenvalue weighted by Gasteiger charge is -2.08. The van der Waals surface area contributed by atoms with Crippen molar-refractivity contribution < 1.29 is 4.74 Å². The summed E-state index contributed by atoms with van der Waals surface area (Å²) in [5.41, 5.74) is 1.71. The average Bonchev–Trinajstić information content (AvgIpc) is 2.06. The van der Waals surface area contributed by atoms with Crippen LogP contribution in [0.1, 0.15) is 11.3 Å². The Morgan fingerprint density at radius 1 is 1.54 bits per heavy atom. The molecule has 0 bridgehead atoms. The monoisotopic (exact) mass is 241 g/mol. The van der Waals surface area contributed by atoms with Gasteiger partial charge in [0.2, 0.25) is 0 Å². The second-order valence-corrected chi connectivity index (χ2v) is 3.02. The van der Waals surface area contributed by atoms with E-state index in [0.29, 0.717) is 16.7 Å². The fraction of sp³-hybridized carbons (Fsp3) is 0.375. The number of ether oxygens (including phenoxy) is 1. The van der Waals surface area contributed by atoms with Crippen LogP contribution in [-0.2, 0) is 5.88 Å². The number of aromatic nitrogens is 1. The Labute approximate surface area is 93.6 Å². The molecule has 0 aliphatic rings. The highest BCUT2D eigenvalue weighted by molar-refractivity contribution is 6.32. The van der Waals surface area contributed by atoms with Crippen molar-refractivity contribution in [3.05, 3.63) is 22.5 Å². The summed E-state index contributed by atoms with van der Waals surface area (Å²) in [6.07, 6.45) is 1.55. The molecule has 0 amide bonds. The molecule has 0 saturated carbocycles. The molecule has 0 fully saturated rings. The Bertz CT molecular complexity index is 291. The third-order valence-corrected chi connectivity index (χ3v) is 2.18. The predicted molar refractivity (Wildman–Crippen MR) is 57.3 cm³/mol. The lowest BCUT2D eigenvalue weighted by atomic mass is 10.2. The molecule has 0 atom stereocenters. The van der Waals surface area contributed by atoms with E-state index in [4.69, 9.17) is 27.9 Å². The number of rotatable bonds is 2. The van der Waals surface area contributed by atoms with E-state index in [1.807, 2.05) is 6.92 Å². The van der Waals surface area contributed by atoms with Gasteiger partial charge in [0.25, 0.3) is 0 Å². The zero-order valence-electron chi connectivity index (χ0n) is 7.30. The Morgan fingerprint density at radius 3 is 2.62 bits per heavy atom. The highest BCUT2D eigenvalue weighted by atomic mass is 35.5. The zero-order chi connectivity index (χ0) is 9.14. The van der Waals surface area contributed by atoms with Gasteiger partial charge in [0, 0.05) is 11.8 Å². The number of methoxy groups -OCH3 is 1. The summed E-state index contributed by atoms with van der Waals surface area (Å²) in [5.74, 6) is 1.03. The summed E-state index contributed by atoms with van der Waals surface area (Å²) >= 11 is 11.5. The second kappa shape index (κ2) is 5.53. The number of nitrogens with zero attached hydrogens (tertiary/aromatic N) is 1. The van der Waals surface area contributed by atoms with Crippen LogP contribution in [0.2, 0.25) is 5.02 Å². The maximum Gasteiger partial charge on any atom is 0.143 e. The van der Waals surface area contributed by atoms with Gasteiger partial charge in [-0.1, -0.05) is 11.6 Å². The second-order valence-electron chi connectivity index (χ2n) is 2.34. The van der Waals surface area contributed by atoms with E-state index in [-0.39, 0.29) is 12.4 Å². The fourth-order valence-corrected chi connectivity index (χ4v) is 1.52. The average molecular weight is 243 g/mol. The molecule has 5 heteroatoms. The first kappa shape index (κ1) is 12.8. The summed E-state index contributed by atoms with van der Waals surface area (Å²) in [5, 5.41) is 0.517. The van der Waals surface area contributed by atoms with Crippen molar-refractivity contribution >= 4 is 35.6 Å². The van der Waals surface area contributed by atoms with Gasteiger partial charge in [0.05, 0.1) is 18.7 Å². The van der Waals surface area contributed by atoms with Crippen LogP contribution in [0.4, 0.5) is 0 Å². The van der Waals surface area contributed by atoms with Crippen LogP contribution in [0.3, 0.4) is 0 Å². The van der Waals surface area contributed by atoms with Gasteiger partial charge in [-0.15, -0.1) is 24.0 Å². The molecule has 0 aromatic carbocycles. The number of alkyl halides is 1. The first-order valence-electron chi connectivity index (χ1n) is 3.44. The minimum atomic E-state index is 0. The summed E-state index contributed by atoms with van der Waals surface area (Å²) < 4.78 is 5.09. The van der Waals surface area contributed by atoms with Crippen molar-refractivity contribution in [3.8, 4) is 5.75 Å². The van der Waals surface area contributed by atoms with Crippen molar-refractivity contribution in [2.24, 2.45) is 0 Å². The van der Waals surface area contributed by atoms with Crippen LogP contribution < -0.4 is 4.74 Å². The van der Waals surface area contributed by atoms with Gasteiger partial charge in [0.1, 0.15) is 10.8 Å². The van der Waals surface area contributed by atoms with Gasteiger partial charge in [0.15, 0.2) is 0 Å². The molecule has 1 rings (SSSR count). The summed E-state index contributed by atoms with van der Waals surface area (Å²) in [7, 11) is 1.58. The topological polar surface area (TPSA) is 22.1 Å². The molecule has 0 spiro atoms. The van der Waals surface area contributed by atoms with E-state index < -0.39 is 0 Å². The summed E-state index contributed by atoms with van der Waals surface area (Å²) in [4.78, 5) is 4.06. The molecular formula is C8H10Cl3NO. The predicted octanol–water partition coefficient (Wildman–Crippen LogP) is 3.21. The standard InChI is InChI=1S/C8H9Cl2NO.ClH/c1-5-7(3-9)11-4-6(10)8(5)12-2;/h4H,3H2,1-2H3;1H. The molecule has 2 nitrogen and oxygen atoms in total. The molecular weight excluding hydrogens is 232 g/mol. The van der Waals surface area contributed by atoms with Gasteiger partial charge in [-0.25, -0.2) is 0 Å². The lowest BCUT2D eigenvalue weighted by Crippen LogP contribution is -1.95. The van der Waals surface area contributed by atoms with Crippen LogP contribution >= 0.6 is 35.6 Å². The molecule has 0 unspecified atom stereocenters. The van der Waals surface area contributed by atoms with E-state index >= 15 is 0 Å². The number of pyridine rings is 1. The van der Waals surface area contributed by atoms with E-state index in [2.05, 4.69) is 4.98 Å². The summed E-state index contributed by atoms with van der Waals surface area (Å²) in [6, 6.07) is 0. The largest absolute Gasteiger partial charge is 0.495 e. The minimum absolute atomic E-state index is 0. The SMILES string of the molecule is COc1c(Cl)cnc(CCl)c1C.Cl. The first-order valence-corrected chi connectivity index (χ1v) is 4.36. The van der Waals surface area contributed by atoms with Gasteiger partial charge in [-0.05, 0) is 6.92 Å². The number of halogens is 3. The molecule has 0 aliphatic heterocycles. The van der Waals surface area contributed by atoms with Gasteiger partial charge in [-0.2, -0.15) is 0 Å².